The molecule has 0 saturated carbocycles. The molecule has 118 valence electrons. The Morgan fingerprint density at radius 3 is 2.48 bits per heavy atom. The summed E-state index contributed by atoms with van der Waals surface area (Å²) in [6.45, 7) is 10.7. The molecule has 0 radical (unpaired) electrons. The number of aryl methyl sites for hydroxylation is 1. The van der Waals surface area contributed by atoms with Crippen LogP contribution in [0.25, 0.3) is 0 Å². The lowest BCUT2D eigenvalue weighted by molar-refractivity contribution is 0.300. The molecule has 1 saturated heterocycles. The van der Waals surface area contributed by atoms with Crippen molar-refractivity contribution in [2.75, 3.05) is 27.2 Å². The first-order valence-electron chi connectivity index (χ1n) is 7.87. The quantitative estimate of drug-likeness (QED) is 0.928. The number of hydrogen-bond acceptors (Lipinski definition) is 3. The molecule has 3 nitrogen and oxygen atoms in total. The summed E-state index contributed by atoms with van der Waals surface area (Å²) in [4.78, 5) is 2.42. The molecule has 1 fully saturated rings. The van der Waals surface area contributed by atoms with E-state index in [2.05, 4.69) is 51.8 Å². The van der Waals surface area contributed by atoms with Gasteiger partial charge in [0, 0.05) is 23.7 Å². The van der Waals surface area contributed by atoms with E-state index in [1.807, 2.05) is 0 Å². The molecule has 2 unspecified atom stereocenters. The van der Waals surface area contributed by atoms with E-state index in [0.717, 1.165) is 25.3 Å². The van der Waals surface area contributed by atoms with Gasteiger partial charge >= 0.3 is 0 Å². The van der Waals surface area contributed by atoms with Crippen LogP contribution >= 0.6 is 0 Å². The summed E-state index contributed by atoms with van der Waals surface area (Å²) in [5, 5.41) is 0. The minimum atomic E-state index is 0.0799. The number of rotatable bonds is 3. The molecule has 2 rings (SSSR count). The first kappa shape index (κ1) is 16.3. The third-order valence-corrected chi connectivity index (χ3v) is 4.60. The summed E-state index contributed by atoms with van der Waals surface area (Å²) in [5.74, 6) is 1.64. The number of likely N-dealkylation sites (tertiary alicyclic amines) is 1. The highest BCUT2D eigenvalue weighted by molar-refractivity contribution is 5.49. The Balaban J connectivity index is 2.51. The lowest BCUT2D eigenvalue weighted by Gasteiger charge is -2.28. The Morgan fingerprint density at radius 2 is 2.00 bits per heavy atom. The predicted octanol–water partition coefficient (Wildman–Crippen LogP) is 3.25. The monoisotopic (exact) mass is 290 g/mol. The molecule has 0 aliphatic carbocycles. The van der Waals surface area contributed by atoms with Crippen LogP contribution in [0.3, 0.4) is 0 Å². The lowest BCUT2D eigenvalue weighted by atomic mass is 9.82. The molecule has 1 aromatic rings. The number of ether oxygens (including phenoxy) is 1. The first-order chi connectivity index (χ1) is 9.77. The van der Waals surface area contributed by atoms with Crippen molar-refractivity contribution in [2.24, 2.45) is 11.7 Å². The SMILES string of the molecule is COc1c(C2CC(CN)CN2C)cc(C)cc1C(C)(C)C. The number of benzene rings is 1. The second-order valence-corrected chi connectivity index (χ2v) is 7.48. The van der Waals surface area contributed by atoms with Gasteiger partial charge in [-0.3, -0.25) is 4.90 Å². The van der Waals surface area contributed by atoms with Crippen molar-refractivity contribution in [2.45, 2.75) is 45.6 Å². The second-order valence-electron chi connectivity index (χ2n) is 7.48. The van der Waals surface area contributed by atoms with Gasteiger partial charge in [0.25, 0.3) is 0 Å². The number of nitrogens with zero attached hydrogens (tertiary/aromatic N) is 1. The van der Waals surface area contributed by atoms with Crippen molar-refractivity contribution in [1.29, 1.82) is 0 Å². The Kier molecular flexibility index (Phi) is 4.64. The van der Waals surface area contributed by atoms with Gasteiger partial charge in [-0.1, -0.05) is 38.5 Å². The molecule has 3 heteroatoms. The molecule has 2 atom stereocenters. The van der Waals surface area contributed by atoms with Crippen molar-refractivity contribution < 1.29 is 4.74 Å². The minimum Gasteiger partial charge on any atom is -0.496 e. The zero-order valence-electron chi connectivity index (χ0n) is 14.4. The highest BCUT2D eigenvalue weighted by Gasteiger charge is 2.33. The summed E-state index contributed by atoms with van der Waals surface area (Å²) in [6, 6.07) is 4.96. The number of hydrogen-bond donors (Lipinski definition) is 1. The fourth-order valence-electron chi connectivity index (χ4n) is 3.47. The normalized spacial score (nSPS) is 23.6. The average molecular weight is 290 g/mol. The van der Waals surface area contributed by atoms with Gasteiger partial charge in [0.05, 0.1) is 7.11 Å². The fourth-order valence-corrected chi connectivity index (χ4v) is 3.47. The van der Waals surface area contributed by atoms with Crippen LogP contribution in [0.5, 0.6) is 5.75 Å². The third kappa shape index (κ3) is 3.24. The summed E-state index contributed by atoms with van der Waals surface area (Å²) in [5.41, 5.74) is 9.88. The Bertz CT molecular complexity index is 505. The van der Waals surface area contributed by atoms with Gasteiger partial charge < -0.3 is 10.5 Å². The molecule has 1 heterocycles. The van der Waals surface area contributed by atoms with Crippen LogP contribution in [0.2, 0.25) is 0 Å². The van der Waals surface area contributed by atoms with Gasteiger partial charge in [0.15, 0.2) is 0 Å². The molecule has 0 amide bonds. The maximum atomic E-state index is 5.88. The summed E-state index contributed by atoms with van der Waals surface area (Å²) in [7, 11) is 3.98. The Hall–Kier alpha value is -1.06. The fraction of sp³-hybridized carbons (Fsp3) is 0.667. The van der Waals surface area contributed by atoms with Crippen LogP contribution in [0, 0.1) is 12.8 Å². The standard InChI is InChI=1S/C18H30N2O/c1-12-7-14(16-9-13(10-19)11-20(16)5)17(21-6)15(8-12)18(2,3)4/h7-8,13,16H,9-11,19H2,1-6H3. The van der Waals surface area contributed by atoms with Crippen LogP contribution in [0.15, 0.2) is 12.1 Å². The molecule has 1 aliphatic heterocycles. The van der Waals surface area contributed by atoms with Crippen LogP contribution in [0.1, 0.15) is 49.9 Å². The predicted molar refractivity (Wildman–Crippen MR) is 89.0 cm³/mol. The van der Waals surface area contributed by atoms with Gasteiger partial charge in [-0.15, -0.1) is 0 Å². The van der Waals surface area contributed by atoms with Crippen molar-refractivity contribution in [3.05, 3.63) is 28.8 Å². The summed E-state index contributed by atoms with van der Waals surface area (Å²) < 4.78 is 5.83. The molecule has 0 bridgehead atoms. The molecule has 1 aromatic carbocycles. The molecule has 2 N–H and O–H groups in total. The van der Waals surface area contributed by atoms with Crippen molar-refractivity contribution in [1.82, 2.24) is 4.90 Å². The largest absolute Gasteiger partial charge is 0.496 e. The van der Waals surface area contributed by atoms with Crippen LogP contribution in [0.4, 0.5) is 0 Å². The first-order valence-corrected chi connectivity index (χ1v) is 7.87. The van der Waals surface area contributed by atoms with E-state index in [1.54, 1.807) is 7.11 Å². The maximum absolute atomic E-state index is 5.88. The van der Waals surface area contributed by atoms with E-state index in [-0.39, 0.29) is 5.41 Å². The van der Waals surface area contributed by atoms with E-state index in [9.17, 15) is 0 Å². The van der Waals surface area contributed by atoms with Gasteiger partial charge in [0.1, 0.15) is 5.75 Å². The average Bonchev–Trinajstić information content (AvgIpc) is 2.78. The van der Waals surface area contributed by atoms with Crippen LogP contribution < -0.4 is 10.5 Å². The molecule has 1 aliphatic rings. The zero-order chi connectivity index (χ0) is 15.8. The second kappa shape index (κ2) is 5.98. The zero-order valence-corrected chi connectivity index (χ0v) is 14.4. The van der Waals surface area contributed by atoms with Gasteiger partial charge in [0.2, 0.25) is 0 Å². The van der Waals surface area contributed by atoms with E-state index < -0.39 is 0 Å². The van der Waals surface area contributed by atoms with Crippen LogP contribution in [-0.2, 0) is 5.41 Å². The number of methoxy groups -OCH3 is 1. The topological polar surface area (TPSA) is 38.5 Å². The van der Waals surface area contributed by atoms with Gasteiger partial charge in [-0.2, -0.15) is 0 Å². The lowest BCUT2D eigenvalue weighted by Crippen LogP contribution is -2.22. The molecular formula is C18H30N2O. The van der Waals surface area contributed by atoms with Crippen molar-refractivity contribution in [3.63, 3.8) is 0 Å². The smallest absolute Gasteiger partial charge is 0.127 e. The van der Waals surface area contributed by atoms with Gasteiger partial charge in [-0.25, -0.2) is 0 Å². The summed E-state index contributed by atoms with van der Waals surface area (Å²) >= 11 is 0. The molecule has 0 spiro atoms. The summed E-state index contributed by atoms with van der Waals surface area (Å²) in [6.07, 6.45) is 1.12. The Morgan fingerprint density at radius 1 is 1.33 bits per heavy atom. The highest BCUT2D eigenvalue weighted by atomic mass is 16.5. The van der Waals surface area contributed by atoms with Crippen LogP contribution in [-0.4, -0.2) is 32.1 Å². The molecular weight excluding hydrogens is 260 g/mol. The van der Waals surface area contributed by atoms with E-state index in [0.29, 0.717) is 12.0 Å². The van der Waals surface area contributed by atoms with Crippen molar-refractivity contribution >= 4 is 0 Å². The minimum absolute atomic E-state index is 0.0799. The molecule has 21 heavy (non-hydrogen) atoms. The van der Waals surface area contributed by atoms with E-state index in [4.69, 9.17) is 10.5 Å². The third-order valence-electron chi connectivity index (χ3n) is 4.60. The van der Waals surface area contributed by atoms with E-state index >= 15 is 0 Å². The maximum Gasteiger partial charge on any atom is 0.127 e. The Labute approximate surface area is 129 Å². The van der Waals surface area contributed by atoms with Crippen molar-refractivity contribution in [3.8, 4) is 5.75 Å². The van der Waals surface area contributed by atoms with Gasteiger partial charge in [-0.05, 0) is 38.3 Å². The highest BCUT2D eigenvalue weighted by Crippen LogP contribution is 2.43. The number of nitrogens with two attached hydrogens (primary N) is 1. The molecule has 0 aromatic heterocycles. The van der Waals surface area contributed by atoms with E-state index in [1.165, 1.54) is 16.7 Å².